The zero-order chi connectivity index (χ0) is 23.2. The molecule has 3 aliphatic heterocycles. The Morgan fingerprint density at radius 2 is 1.91 bits per heavy atom. The lowest BCUT2D eigenvalue weighted by Crippen LogP contribution is -2.52. The number of fused-ring (bicyclic) bond motifs is 3. The second kappa shape index (κ2) is 8.71. The minimum absolute atomic E-state index is 0.430. The Labute approximate surface area is 201 Å². The van der Waals surface area contributed by atoms with E-state index in [0.29, 0.717) is 30.7 Å². The minimum atomic E-state index is 0.430. The van der Waals surface area contributed by atoms with Crippen LogP contribution in [0.4, 0.5) is 11.5 Å². The van der Waals surface area contributed by atoms with Gasteiger partial charge in [0.15, 0.2) is 0 Å². The summed E-state index contributed by atoms with van der Waals surface area (Å²) in [5, 5.41) is 4.68. The Hall–Kier alpha value is -2.90. The van der Waals surface area contributed by atoms with Gasteiger partial charge in [0.2, 0.25) is 0 Å². The van der Waals surface area contributed by atoms with Crippen LogP contribution >= 0.6 is 0 Å². The largest absolute Gasteiger partial charge is 0.462 e. The fourth-order valence-electron chi connectivity index (χ4n) is 5.97. The maximum Gasteiger partial charge on any atom is 0.319 e. The lowest BCUT2D eigenvalue weighted by atomic mass is 9.98. The van der Waals surface area contributed by atoms with Gasteiger partial charge in [-0.1, -0.05) is 18.2 Å². The molecule has 6 rings (SSSR count). The number of rotatable bonds is 5. The molecule has 0 radical (unpaired) electrons. The second-order valence-corrected chi connectivity index (χ2v) is 10.1. The molecule has 0 saturated carbocycles. The normalized spacial score (nSPS) is 24.8. The van der Waals surface area contributed by atoms with Crippen molar-refractivity contribution in [2.45, 2.75) is 50.7 Å². The first-order chi connectivity index (χ1) is 16.6. The highest BCUT2D eigenvalue weighted by Gasteiger charge is 2.38. The molecule has 34 heavy (non-hydrogen) atoms. The zero-order valence-electron chi connectivity index (χ0n) is 20.1. The summed E-state index contributed by atoms with van der Waals surface area (Å²) in [4.78, 5) is 14.8. The number of nitrogen functional groups attached to an aromatic ring is 1. The van der Waals surface area contributed by atoms with Gasteiger partial charge in [0.1, 0.15) is 12.4 Å². The summed E-state index contributed by atoms with van der Waals surface area (Å²) in [6, 6.07) is 14.5. The third-order valence-corrected chi connectivity index (χ3v) is 8.04. The molecular weight excluding hydrogens is 424 g/mol. The van der Waals surface area contributed by atoms with Gasteiger partial charge in [0.05, 0.1) is 5.52 Å². The highest BCUT2D eigenvalue weighted by Crippen LogP contribution is 2.38. The molecule has 2 aromatic carbocycles. The van der Waals surface area contributed by atoms with Gasteiger partial charge in [0, 0.05) is 42.3 Å². The maximum absolute atomic E-state index is 6.25. The highest BCUT2D eigenvalue weighted by atomic mass is 16.5. The lowest BCUT2D eigenvalue weighted by molar-refractivity contribution is 0.188. The van der Waals surface area contributed by atoms with Gasteiger partial charge in [0.25, 0.3) is 0 Å². The lowest BCUT2D eigenvalue weighted by Gasteiger charge is -2.37. The molecule has 3 aliphatic rings. The summed E-state index contributed by atoms with van der Waals surface area (Å²) in [5.74, 6) is 1.02. The monoisotopic (exact) mass is 458 g/mol. The van der Waals surface area contributed by atoms with Crippen molar-refractivity contribution in [2.24, 2.45) is 0 Å². The fraction of sp³-hybridized carbons (Fsp3) is 0.481. The molecule has 4 heterocycles. The summed E-state index contributed by atoms with van der Waals surface area (Å²) in [6.45, 7) is 5.84. The zero-order valence-corrected chi connectivity index (χ0v) is 20.1. The maximum atomic E-state index is 6.25. The van der Waals surface area contributed by atoms with Crippen LogP contribution in [-0.4, -0.2) is 66.3 Å². The summed E-state index contributed by atoms with van der Waals surface area (Å²) < 4.78 is 6.25. The number of nitrogens with one attached hydrogen (secondary N) is 1. The number of hydrogen-bond donors (Lipinski definition) is 2. The number of nitrogens with zero attached hydrogens (tertiary/aromatic N) is 4. The SMILES string of the molecule is Cc1c(N)cccc1-c1ccc2c(N3[C@@H]4CC[C@H]3CNC4)nc(OC[C@@H]3CCCN3C)nc2c1. The first kappa shape index (κ1) is 21.6. The van der Waals surface area contributed by atoms with Gasteiger partial charge in [-0.2, -0.15) is 9.97 Å². The number of piperazine rings is 1. The third-order valence-electron chi connectivity index (χ3n) is 8.04. The summed E-state index contributed by atoms with van der Waals surface area (Å²) >= 11 is 0. The van der Waals surface area contributed by atoms with Crippen LogP contribution in [0.3, 0.4) is 0 Å². The van der Waals surface area contributed by atoms with Crippen molar-refractivity contribution in [3.63, 3.8) is 0 Å². The van der Waals surface area contributed by atoms with Crippen LogP contribution in [0.15, 0.2) is 36.4 Å². The Morgan fingerprint density at radius 3 is 2.68 bits per heavy atom. The van der Waals surface area contributed by atoms with Crippen molar-refractivity contribution in [2.75, 3.05) is 43.9 Å². The standard InChI is InChI=1S/C27H34N6O/c1-17-22(6-3-7-24(17)28)18-8-11-23-25(13-18)30-27(34-16-21-5-4-12-32(21)2)31-26(23)33-19-9-10-20(33)15-29-14-19/h3,6-8,11,13,19-21,29H,4-5,9-10,12,14-16,28H2,1-2H3/t19-,20+,21-/m0/s1. The van der Waals surface area contributed by atoms with E-state index in [1.54, 1.807) is 0 Å². The molecule has 7 heteroatoms. The van der Waals surface area contributed by atoms with Gasteiger partial charge in [-0.3, -0.25) is 0 Å². The van der Waals surface area contributed by atoms with Gasteiger partial charge in [-0.25, -0.2) is 0 Å². The highest BCUT2D eigenvalue weighted by molar-refractivity contribution is 5.93. The first-order valence-electron chi connectivity index (χ1n) is 12.6. The predicted molar refractivity (Wildman–Crippen MR) is 137 cm³/mol. The van der Waals surface area contributed by atoms with Gasteiger partial charge < -0.3 is 25.6 Å². The second-order valence-electron chi connectivity index (χ2n) is 10.1. The van der Waals surface area contributed by atoms with E-state index < -0.39 is 0 Å². The van der Waals surface area contributed by atoms with Crippen LogP contribution in [0.5, 0.6) is 6.01 Å². The minimum Gasteiger partial charge on any atom is -0.462 e. The number of aromatic nitrogens is 2. The van der Waals surface area contributed by atoms with Crippen LogP contribution in [0, 0.1) is 6.92 Å². The molecule has 2 bridgehead atoms. The molecule has 3 N–H and O–H groups in total. The number of nitrogens with two attached hydrogens (primary N) is 1. The molecule has 178 valence electrons. The number of hydrogen-bond acceptors (Lipinski definition) is 7. The smallest absolute Gasteiger partial charge is 0.319 e. The Balaban J connectivity index is 1.43. The molecule has 7 nitrogen and oxygen atoms in total. The number of likely N-dealkylation sites (tertiary alicyclic amines) is 1. The van der Waals surface area contributed by atoms with Crippen molar-refractivity contribution in [1.29, 1.82) is 0 Å². The first-order valence-corrected chi connectivity index (χ1v) is 12.6. The summed E-state index contributed by atoms with van der Waals surface area (Å²) in [7, 11) is 2.17. The van der Waals surface area contributed by atoms with E-state index >= 15 is 0 Å². The van der Waals surface area contributed by atoms with E-state index in [0.717, 1.165) is 65.2 Å². The molecule has 3 fully saturated rings. The van der Waals surface area contributed by atoms with E-state index in [1.807, 2.05) is 12.1 Å². The molecule has 0 spiro atoms. The van der Waals surface area contributed by atoms with Crippen LogP contribution in [0.25, 0.3) is 22.0 Å². The van der Waals surface area contributed by atoms with Crippen LogP contribution in [0.2, 0.25) is 0 Å². The van der Waals surface area contributed by atoms with Gasteiger partial charge in [-0.15, -0.1) is 0 Å². The molecule has 3 saturated heterocycles. The summed E-state index contributed by atoms with van der Waals surface area (Å²) in [5.41, 5.74) is 11.3. The molecule has 3 aromatic rings. The van der Waals surface area contributed by atoms with Gasteiger partial charge in [-0.05, 0) is 81.1 Å². The number of ether oxygens (including phenoxy) is 1. The Morgan fingerprint density at radius 1 is 1.09 bits per heavy atom. The van der Waals surface area contributed by atoms with Crippen molar-refractivity contribution in [3.05, 3.63) is 42.0 Å². The molecule has 0 amide bonds. The van der Waals surface area contributed by atoms with Crippen molar-refractivity contribution >= 4 is 22.4 Å². The van der Waals surface area contributed by atoms with E-state index in [4.69, 9.17) is 20.4 Å². The van der Waals surface area contributed by atoms with Crippen molar-refractivity contribution in [3.8, 4) is 17.1 Å². The number of anilines is 2. The van der Waals surface area contributed by atoms with Crippen LogP contribution in [0.1, 0.15) is 31.2 Å². The van der Waals surface area contributed by atoms with Crippen molar-refractivity contribution in [1.82, 2.24) is 20.2 Å². The van der Waals surface area contributed by atoms with E-state index in [-0.39, 0.29) is 0 Å². The fourth-order valence-corrected chi connectivity index (χ4v) is 5.97. The molecule has 3 atom stereocenters. The predicted octanol–water partition coefficient (Wildman–Crippen LogP) is 3.60. The third kappa shape index (κ3) is 3.77. The van der Waals surface area contributed by atoms with Crippen molar-refractivity contribution < 1.29 is 4.74 Å². The summed E-state index contributed by atoms with van der Waals surface area (Å²) in [6.07, 6.45) is 4.79. The van der Waals surface area contributed by atoms with Crippen LogP contribution < -0.4 is 20.7 Å². The molecule has 0 unspecified atom stereocenters. The molecule has 0 aliphatic carbocycles. The van der Waals surface area contributed by atoms with Crippen LogP contribution in [-0.2, 0) is 0 Å². The quantitative estimate of drug-likeness (QED) is 0.566. The molecule has 1 aromatic heterocycles. The van der Waals surface area contributed by atoms with E-state index in [2.05, 4.69) is 53.4 Å². The Bertz CT molecular complexity index is 1200. The number of likely N-dealkylation sites (N-methyl/N-ethyl adjacent to an activating group) is 1. The van der Waals surface area contributed by atoms with E-state index in [1.165, 1.54) is 19.3 Å². The number of benzene rings is 2. The van der Waals surface area contributed by atoms with E-state index in [9.17, 15) is 0 Å². The average Bonchev–Trinajstić information content (AvgIpc) is 3.36. The van der Waals surface area contributed by atoms with Gasteiger partial charge >= 0.3 is 6.01 Å². The Kier molecular flexibility index (Phi) is 5.54. The molecular formula is C27H34N6O. The average molecular weight is 459 g/mol. The topological polar surface area (TPSA) is 79.5 Å².